The molecule has 0 amide bonds. The van der Waals surface area contributed by atoms with Gasteiger partial charge in [-0.15, -0.1) is 0 Å². The van der Waals surface area contributed by atoms with Gasteiger partial charge in [0.05, 0.1) is 13.7 Å². The van der Waals surface area contributed by atoms with E-state index >= 15 is 0 Å². The molecule has 0 atom stereocenters. The highest BCUT2D eigenvalue weighted by Gasteiger charge is 2.35. The third-order valence-electron chi connectivity index (χ3n) is 3.15. The van der Waals surface area contributed by atoms with Gasteiger partial charge in [0, 0.05) is 18.5 Å². The first-order valence-corrected chi connectivity index (χ1v) is 5.93. The van der Waals surface area contributed by atoms with E-state index in [0.29, 0.717) is 24.3 Å². The number of benzene rings is 1. The third-order valence-corrected chi connectivity index (χ3v) is 3.15. The maximum atomic E-state index is 13.7. The van der Waals surface area contributed by atoms with Crippen LogP contribution in [0.1, 0.15) is 18.4 Å². The highest BCUT2D eigenvalue weighted by molar-refractivity contribution is 5.34. The van der Waals surface area contributed by atoms with Gasteiger partial charge in [-0.3, -0.25) is 4.90 Å². The molecule has 1 aromatic rings. The van der Waals surface area contributed by atoms with Crippen LogP contribution in [0.15, 0.2) is 18.2 Å². The zero-order valence-electron chi connectivity index (χ0n) is 10.3. The molecule has 1 aromatic carbocycles. The maximum absolute atomic E-state index is 13.7. The van der Waals surface area contributed by atoms with E-state index < -0.39 is 11.7 Å². The fraction of sp³-hybridized carbons (Fsp3) is 0.538. The zero-order valence-corrected chi connectivity index (χ0v) is 10.3. The second kappa shape index (κ2) is 5.18. The van der Waals surface area contributed by atoms with Crippen molar-refractivity contribution in [2.75, 3.05) is 20.2 Å². The first-order chi connectivity index (χ1) is 8.52. The molecule has 1 fully saturated rings. The Morgan fingerprint density at radius 2 is 2.17 bits per heavy atom. The molecule has 0 spiro atoms. The van der Waals surface area contributed by atoms with Crippen molar-refractivity contribution in [2.24, 2.45) is 0 Å². The molecule has 1 aliphatic heterocycles. The van der Waals surface area contributed by atoms with Crippen LogP contribution in [0.2, 0.25) is 0 Å². The summed E-state index contributed by atoms with van der Waals surface area (Å²) in [5.41, 5.74) is 0.345. The summed E-state index contributed by atoms with van der Waals surface area (Å²) in [5.74, 6) is -2.68. The van der Waals surface area contributed by atoms with Gasteiger partial charge in [0.2, 0.25) is 0 Å². The molecular formula is C13H16F3NO. The van der Waals surface area contributed by atoms with Crippen molar-refractivity contribution in [3.05, 3.63) is 29.6 Å². The van der Waals surface area contributed by atoms with E-state index in [1.165, 1.54) is 13.2 Å². The van der Waals surface area contributed by atoms with E-state index in [9.17, 15) is 13.2 Å². The smallest absolute Gasteiger partial charge is 0.260 e. The number of rotatable bonds is 3. The van der Waals surface area contributed by atoms with Gasteiger partial charge in [-0.1, -0.05) is 6.07 Å². The molecule has 2 nitrogen and oxygen atoms in total. The highest BCUT2D eigenvalue weighted by Crippen LogP contribution is 2.29. The van der Waals surface area contributed by atoms with Crippen molar-refractivity contribution in [3.8, 4) is 5.75 Å². The second-order valence-electron chi connectivity index (χ2n) is 4.59. The van der Waals surface area contributed by atoms with E-state index in [4.69, 9.17) is 4.74 Å². The van der Waals surface area contributed by atoms with Crippen molar-refractivity contribution in [2.45, 2.75) is 25.3 Å². The average molecular weight is 259 g/mol. The minimum absolute atomic E-state index is 0.0854. The molecule has 2 rings (SSSR count). The summed E-state index contributed by atoms with van der Waals surface area (Å²) < 4.78 is 45.3. The molecular weight excluding hydrogens is 243 g/mol. The first-order valence-electron chi connectivity index (χ1n) is 5.93. The van der Waals surface area contributed by atoms with E-state index in [1.54, 1.807) is 17.0 Å². The summed E-state index contributed by atoms with van der Waals surface area (Å²) >= 11 is 0. The molecule has 0 aliphatic carbocycles. The van der Waals surface area contributed by atoms with Gasteiger partial charge in [0.25, 0.3) is 5.92 Å². The predicted molar refractivity (Wildman–Crippen MR) is 62.4 cm³/mol. The van der Waals surface area contributed by atoms with Gasteiger partial charge in [-0.2, -0.15) is 0 Å². The summed E-state index contributed by atoms with van der Waals surface area (Å²) in [6, 6.07) is 4.50. The normalized spacial score (nSPS) is 19.8. The number of halogens is 3. The Labute approximate surface area is 104 Å². The second-order valence-corrected chi connectivity index (χ2v) is 4.59. The number of likely N-dealkylation sites (tertiary alicyclic amines) is 1. The van der Waals surface area contributed by atoms with Gasteiger partial charge in [-0.05, 0) is 25.1 Å². The molecule has 0 aromatic heterocycles. The van der Waals surface area contributed by atoms with Crippen LogP contribution in [0.25, 0.3) is 0 Å². The Bertz CT molecular complexity index is 423. The Morgan fingerprint density at radius 1 is 1.39 bits per heavy atom. The minimum atomic E-state index is -2.67. The molecule has 0 saturated carbocycles. The molecule has 18 heavy (non-hydrogen) atoms. The summed E-state index contributed by atoms with van der Waals surface area (Å²) in [6.07, 6.45) is 0.349. The molecule has 1 aliphatic rings. The molecule has 0 radical (unpaired) electrons. The fourth-order valence-corrected chi connectivity index (χ4v) is 2.29. The van der Waals surface area contributed by atoms with Crippen LogP contribution in [0.4, 0.5) is 13.2 Å². The van der Waals surface area contributed by atoms with Gasteiger partial charge in [0.1, 0.15) is 11.6 Å². The van der Waals surface area contributed by atoms with Crippen LogP contribution in [-0.4, -0.2) is 31.0 Å². The van der Waals surface area contributed by atoms with E-state index in [2.05, 4.69) is 0 Å². The number of hydrogen-bond donors (Lipinski definition) is 0. The number of methoxy groups -OCH3 is 1. The van der Waals surface area contributed by atoms with Crippen LogP contribution in [0.3, 0.4) is 0 Å². The van der Waals surface area contributed by atoms with E-state index in [0.717, 1.165) is 0 Å². The van der Waals surface area contributed by atoms with Crippen molar-refractivity contribution in [1.29, 1.82) is 0 Å². The number of hydrogen-bond acceptors (Lipinski definition) is 2. The largest absolute Gasteiger partial charge is 0.496 e. The molecule has 100 valence electrons. The molecule has 0 N–H and O–H groups in total. The van der Waals surface area contributed by atoms with Crippen molar-refractivity contribution >= 4 is 0 Å². The van der Waals surface area contributed by atoms with Gasteiger partial charge in [-0.25, -0.2) is 13.2 Å². The molecule has 0 unspecified atom stereocenters. The minimum Gasteiger partial charge on any atom is -0.496 e. The number of nitrogens with zero attached hydrogens (tertiary/aromatic N) is 1. The lowest BCUT2D eigenvalue weighted by atomic mass is 10.1. The lowest BCUT2D eigenvalue weighted by molar-refractivity contribution is -0.0664. The fourth-order valence-electron chi connectivity index (χ4n) is 2.29. The predicted octanol–water partition coefficient (Wildman–Crippen LogP) is 3.07. The molecule has 5 heteroatoms. The summed E-state index contributed by atoms with van der Waals surface area (Å²) in [7, 11) is 1.45. The van der Waals surface area contributed by atoms with Crippen molar-refractivity contribution in [3.63, 3.8) is 0 Å². The summed E-state index contributed by atoms with van der Waals surface area (Å²) in [6.45, 7) is 0.406. The Hall–Kier alpha value is -1.23. The molecule has 1 saturated heterocycles. The van der Waals surface area contributed by atoms with Crippen molar-refractivity contribution in [1.82, 2.24) is 4.90 Å². The first kappa shape index (κ1) is 13.2. The Kier molecular flexibility index (Phi) is 3.80. The topological polar surface area (TPSA) is 12.5 Å². The number of alkyl halides is 2. The third kappa shape index (κ3) is 2.96. The summed E-state index contributed by atoms with van der Waals surface area (Å²) in [5, 5.41) is 0. The quantitative estimate of drug-likeness (QED) is 0.827. The number of ether oxygens (including phenoxy) is 1. The SMILES string of the molecule is COc1cccc(F)c1CN1CCCC(F)(F)C1. The lowest BCUT2D eigenvalue weighted by Gasteiger charge is -2.32. The van der Waals surface area contributed by atoms with Crippen LogP contribution < -0.4 is 4.74 Å². The highest BCUT2D eigenvalue weighted by atomic mass is 19.3. The monoisotopic (exact) mass is 259 g/mol. The average Bonchev–Trinajstić information content (AvgIpc) is 2.30. The standard InChI is InChI=1S/C13H16F3NO/c1-18-12-5-2-4-11(14)10(12)8-17-7-3-6-13(15,16)9-17/h2,4-5H,3,6-9H2,1H3. The van der Waals surface area contributed by atoms with E-state index in [1.807, 2.05) is 0 Å². The Balaban J connectivity index is 2.14. The molecule has 1 heterocycles. The maximum Gasteiger partial charge on any atom is 0.260 e. The van der Waals surface area contributed by atoms with Crippen molar-refractivity contribution < 1.29 is 17.9 Å². The number of piperidine rings is 1. The van der Waals surface area contributed by atoms with Gasteiger partial charge < -0.3 is 4.74 Å². The molecule has 0 bridgehead atoms. The van der Waals surface area contributed by atoms with Crippen LogP contribution >= 0.6 is 0 Å². The van der Waals surface area contributed by atoms with Gasteiger partial charge >= 0.3 is 0 Å². The summed E-state index contributed by atoms with van der Waals surface area (Å²) in [4.78, 5) is 1.57. The lowest BCUT2D eigenvalue weighted by Crippen LogP contribution is -2.42. The van der Waals surface area contributed by atoms with Crippen LogP contribution in [-0.2, 0) is 6.54 Å². The van der Waals surface area contributed by atoms with Crippen LogP contribution in [0, 0.1) is 5.82 Å². The zero-order chi connectivity index (χ0) is 13.2. The van der Waals surface area contributed by atoms with Crippen LogP contribution in [0.5, 0.6) is 5.75 Å². The Morgan fingerprint density at radius 3 is 2.83 bits per heavy atom. The van der Waals surface area contributed by atoms with Gasteiger partial charge in [0.15, 0.2) is 0 Å². The van der Waals surface area contributed by atoms with E-state index in [-0.39, 0.29) is 19.5 Å².